The van der Waals surface area contributed by atoms with Crippen molar-refractivity contribution in [3.05, 3.63) is 75.2 Å². The monoisotopic (exact) mass is 589 g/mol. The molecule has 1 amide bonds. The first-order chi connectivity index (χ1) is 15.4. The third kappa shape index (κ3) is 5.72. The molecule has 162 valence electrons. The molecule has 0 spiro atoms. The fraction of sp³-hybridized carbons (Fsp3) is 0.0870. The Balaban J connectivity index is 1.32. The normalized spacial score (nSPS) is 10.7. The smallest absolute Gasteiger partial charge is 0.264 e. The first-order valence-electron chi connectivity index (χ1n) is 9.54. The van der Waals surface area contributed by atoms with Crippen LogP contribution in [0.4, 0.5) is 5.69 Å². The predicted molar refractivity (Wildman–Crippen MR) is 141 cm³/mol. The lowest BCUT2D eigenvalue weighted by atomic mass is 10.2. The summed E-state index contributed by atoms with van der Waals surface area (Å²) in [6.45, 7) is 1.92. The van der Waals surface area contributed by atoms with E-state index in [0.717, 1.165) is 30.7 Å². The third-order valence-electron chi connectivity index (χ3n) is 4.44. The van der Waals surface area contributed by atoms with Crippen LogP contribution in [0, 0.1) is 6.92 Å². The molecule has 0 aliphatic carbocycles. The Morgan fingerprint density at radius 2 is 1.88 bits per heavy atom. The summed E-state index contributed by atoms with van der Waals surface area (Å²) in [6, 6.07) is 19.5. The molecule has 0 bridgehead atoms. The molecule has 2 N–H and O–H groups in total. The number of rotatable bonds is 5. The van der Waals surface area contributed by atoms with E-state index in [2.05, 4.69) is 61.5 Å². The summed E-state index contributed by atoms with van der Waals surface area (Å²) in [5.74, 6) is 0.224. The van der Waals surface area contributed by atoms with Crippen molar-refractivity contribution in [2.24, 2.45) is 0 Å². The fourth-order valence-electron chi connectivity index (χ4n) is 2.91. The number of aromatic nitrogens is 1. The Kier molecular flexibility index (Phi) is 7.20. The molecule has 0 atom stereocenters. The zero-order valence-electron chi connectivity index (χ0n) is 16.8. The Bertz CT molecular complexity index is 1310. The zero-order valence-corrected chi connectivity index (χ0v) is 21.6. The lowest BCUT2D eigenvalue weighted by molar-refractivity contribution is -0.121. The van der Waals surface area contributed by atoms with E-state index in [9.17, 15) is 4.79 Å². The van der Waals surface area contributed by atoms with Gasteiger partial charge in [-0.15, -0.1) is 11.3 Å². The van der Waals surface area contributed by atoms with Crippen LogP contribution >= 0.6 is 55.4 Å². The molecule has 1 aromatic heterocycles. The summed E-state index contributed by atoms with van der Waals surface area (Å²) in [7, 11) is 0. The van der Waals surface area contributed by atoms with Gasteiger partial charge in [0.15, 0.2) is 11.7 Å². The highest BCUT2D eigenvalue weighted by atomic mass is 79.9. The number of halogens is 2. The summed E-state index contributed by atoms with van der Waals surface area (Å²) in [5.41, 5.74) is 4.02. The lowest BCUT2D eigenvalue weighted by Crippen LogP contribution is -2.37. The average Bonchev–Trinajstić information content (AvgIpc) is 3.16. The number of aryl methyl sites for hydroxylation is 1. The number of nitrogens with zero attached hydrogens (tertiary/aromatic N) is 1. The number of thiocarbonyl (C=S) groups is 1. The number of anilines is 1. The number of fused-ring (bicyclic) bond motifs is 1. The highest BCUT2D eigenvalue weighted by Gasteiger charge is 2.10. The number of nitrogens with one attached hydrogen (secondary N) is 2. The van der Waals surface area contributed by atoms with Gasteiger partial charge in [0.25, 0.3) is 5.91 Å². The highest BCUT2D eigenvalue weighted by molar-refractivity contribution is 9.11. The molecule has 32 heavy (non-hydrogen) atoms. The molecule has 3 aromatic carbocycles. The topological polar surface area (TPSA) is 63.2 Å². The number of amides is 1. The molecule has 0 saturated heterocycles. The van der Waals surface area contributed by atoms with E-state index in [-0.39, 0.29) is 17.6 Å². The quantitative estimate of drug-likeness (QED) is 0.254. The minimum Gasteiger partial charge on any atom is -0.483 e. The summed E-state index contributed by atoms with van der Waals surface area (Å²) < 4.78 is 8.36. The van der Waals surface area contributed by atoms with Gasteiger partial charge < -0.3 is 10.1 Å². The van der Waals surface area contributed by atoms with E-state index in [4.69, 9.17) is 21.9 Å². The van der Waals surface area contributed by atoms with Crippen LogP contribution in [0.25, 0.3) is 20.8 Å². The molecule has 1 heterocycles. The molecule has 0 unspecified atom stereocenters. The predicted octanol–water partition coefficient (Wildman–Crippen LogP) is 6.69. The second kappa shape index (κ2) is 10.1. The van der Waals surface area contributed by atoms with Crippen LogP contribution < -0.4 is 15.4 Å². The first kappa shape index (κ1) is 22.8. The third-order valence-corrected chi connectivity index (χ3v) is 6.82. The van der Waals surface area contributed by atoms with Crippen molar-refractivity contribution in [1.29, 1.82) is 0 Å². The fourth-order valence-corrected chi connectivity index (χ4v) is 5.37. The molecule has 0 aliphatic rings. The van der Waals surface area contributed by atoms with Gasteiger partial charge in [-0.05, 0) is 95.2 Å². The van der Waals surface area contributed by atoms with Gasteiger partial charge >= 0.3 is 0 Å². The minimum atomic E-state index is -0.348. The molecular weight excluding hydrogens is 574 g/mol. The number of hydrogen-bond donors (Lipinski definition) is 2. The second-order valence-electron chi connectivity index (χ2n) is 6.93. The maximum Gasteiger partial charge on any atom is 0.264 e. The maximum absolute atomic E-state index is 12.1. The van der Waals surface area contributed by atoms with Crippen molar-refractivity contribution in [2.45, 2.75) is 6.92 Å². The van der Waals surface area contributed by atoms with Gasteiger partial charge in [-0.2, -0.15) is 0 Å². The molecule has 0 fully saturated rings. The van der Waals surface area contributed by atoms with Crippen molar-refractivity contribution in [3.63, 3.8) is 0 Å². The number of ether oxygens (including phenoxy) is 1. The number of carbonyl (C=O) groups is 1. The Morgan fingerprint density at radius 1 is 1.09 bits per heavy atom. The van der Waals surface area contributed by atoms with Gasteiger partial charge in [0.1, 0.15) is 10.8 Å². The first-order valence-corrected chi connectivity index (χ1v) is 12.3. The van der Waals surface area contributed by atoms with Crippen LogP contribution in [0.2, 0.25) is 0 Å². The molecule has 4 aromatic rings. The largest absolute Gasteiger partial charge is 0.483 e. The van der Waals surface area contributed by atoms with Crippen molar-refractivity contribution in [1.82, 2.24) is 10.3 Å². The van der Waals surface area contributed by atoms with Gasteiger partial charge in [-0.3, -0.25) is 10.1 Å². The van der Waals surface area contributed by atoms with E-state index < -0.39 is 0 Å². The number of hydrogen-bond acceptors (Lipinski definition) is 5. The SMILES string of the molecule is Cc1ccc2nc(-c3ccc(NC(=S)NC(=O)COc4ccc(Br)cc4Br)cc3)sc2c1. The summed E-state index contributed by atoms with van der Waals surface area (Å²) in [5, 5.41) is 6.80. The van der Waals surface area contributed by atoms with Crippen molar-refractivity contribution in [2.75, 3.05) is 11.9 Å². The van der Waals surface area contributed by atoms with Gasteiger partial charge in [-0.25, -0.2) is 4.98 Å². The molecule has 4 rings (SSSR count). The molecular formula is C23H17Br2N3O2S2. The van der Waals surface area contributed by atoms with Crippen LogP contribution in [0.3, 0.4) is 0 Å². The van der Waals surface area contributed by atoms with E-state index >= 15 is 0 Å². The zero-order chi connectivity index (χ0) is 22.7. The van der Waals surface area contributed by atoms with Gasteiger partial charge in [0, 0.05) is 15.7 Å². The van der Waals surface area contributed by atoms with Crippen LogP contribution in [-0.2, 0) is 4.79 Å². The Morgan fingerprint density at radius 3 is 2.62 bits per heavy atom. The van der Waals surface area contributed by atoms with Crippen LogP contribution in [0.5, 0.6) is 5.75 Å². The Hall–Kier alpha value is -2.33. The molecule has 0 aliphatic heterocycles. The van der Waals surface area contributed by atoms with Gasteiger partial charge in [0.2, 0.25) is 0 Å². The summed E-state index contributed by atoms with van der Waals surface area (Å²) >= 11 is 13.7. The molecule has 0 radical (unpaired) electrons. The molecule has 9 heteroatoms. The van der Waals surface area contributed by atoms with E-state index in [1.165, 1.54) is 10.3 Å². The lowest BCUT2D eigenvalue weighted by Gasteiger charge is -2.11. The number of carbonyl (C=O) groups excluding carboxylic acids is 1. The number of thiazole rings is 1. The highest BCUT2D eigenvalue weighted by Crippen LogP contribution is 2.31. The van der Waals surface area contributed by atoms with Gasteiger partial charge in [-0.1, -0.05) is 22.0 Å². The average molecular weight is 591 g/mol. The van der Waals surface area contributed by atoms with E-state index in [1.54, 1.807) is 17.4 Å². The van der Waals surface area contributed by atoms with E-state index in [1.807, 2.05) is 42.5 Å². The van der Waals surface area contributed by atoms with Crippen LogP contribution in [-0.4, -0.2) is 22.6 Å². The Labute approximate surface area is 211 Å². The van der Waals surface area contributed by atoms with Crippen molar-refractivity contribution < 1.29 is 9.53 Å². The molecule has 0 saturated carbocycles. The van der Waals surface area contributed by atoms with Crippen LogP contribution in [0.15, 0.2) is 69.6 Å². The molecule has 5 nitrogen and oxygen atoms in total. The van der Waals surface area contributed by atoms with E-state index in [0.29, 0.717) is 5.75 Å². The summed E-state index contributed by atoms with van der Waals surface area (Å²) in [4.78, 5) is 16.9. The second-order valence-corrected chi connectivity index (χ2v) is 10.1. The standard InChI is InChI=1S/C23H17Br2N3O2S2/c1-13-2-8-18-20(10-13)32-22(27-18)14-3-6-16(7-4-14)26-23(31)28-21(29)12-30-19-9-5-15(24)11-17(19)25/h2-11H,12H2,1H3,(H2,26,28,29,31). The minimum absolute atomic E-state index is 0.155. The van der Waals surface area contributed by atoms with Gasteiger partial charge in [0.05, 0.1) is 14.7 Å². The van der Waals surface area contributed by atoms with Crippen molar-refractivity contribution in [3.8, 4) is 16.3 Å². The maximum atomic E-state index is 12.1. The summed E-state index contributed by atoms with van der Waals surface area (Å²) in [6.07, 6.45) is 0. The van der Waals surface area contributed by atoms with Crippen LogP contribution in [0.1, 0.15) is 5.56 Å². The number of benzene rings is 3. The van der Waals surface area contributed by atoms with Crippen molar-refractivity contribution >= 4 is 82.3 Å².